The molecule has 0 spiro atoms. The number of nitrogens with one attached hydrogen (secondary N) is 1. The average Bonchev–Trinajstić information content (AvgIpc) is 2.72. The van der Waals surface area contributed by atoms with Gasteiger partial charge in [0, 0.05) is 42.2 Å². The van der Waals surface area contributed by atoms with Crippen LogP contribution in [-0.2, 0) is 19.4 Å². The quantitative estimate of drug-likeness (QED) is 0.773. The Morgan fingerprint density at radius 1 is 1.26 bits per heavy atom. The summed E-state index contributed by atoms with van der Waals surface area (Å²) in [5, 5.41) is 0. The van der Waals surface area contributed by atoms with E-state index in [4.69, 9.17) is 4.74 Å². The zero-order valence-electron chi connectivity index (χ0n) is 15.5. The second kappa shape index (κ2) is 7.23. The SMILES string of the molecule is CCc1cc(=O)[nH]c(-c2ccc(N3CCc4c(cccc4OC)C3)nc2)n1. The summed E-state index contributed by atoms with van der Waals surface area (Å²) >= 11 is 0. The van der Waals surface area contributed by atoms with Crippen LogP contribution >= 0.6 is 0 Å². The second-order valence-electron chi connectivity index (χ2n) is 6.61. The van der Waals surface area contributed by atoms with Crippen LogP contribution in [0, 0.1) is 0 Å². The van der Waals surface area contributed by atoms with Crippen LogP contribution < -0.4 is 15.2 Å². The molecule has 0 unspecified atom stereocenters. The van der Waals surface area contributed by atoms with Gasteiger partial charge < -0.3 is 14.6 Å². The van der Waals surface area contributed by atoms with Gasteiger partial charge in [0.15, 0.2) is 0 Å². The van der Waals surface area contributed by atoms with Crippen LogP contribution in [0.25, 0.3) is 11.4 Å². The number of aromatic amines is 1. The van der Waals surface area contributed by atoms with E-state index < -0.39 is 0 Å². The van der Waals surface area contributed by atoms with Crippen molar-refractivity contribution < 1.29 is 4.74 Å². The Labute approximate surface area is 157 Å². The van der Waals surface area contributed by atoms with Gasteiger partial charge in [0.1, 0.15) is 17.4 Å². The third kappa shape index (κ3) is 3.43. The molecule has 2 aromatic heterocycles. The highest BCUT2D eigenvalue weighted by molar-refractivity contribution is 5.57. The number of aromatic nitrogens is 3. The van der Waals surface area contributed by atoms with Gasteiger partial charge in [-0.2, -0.15) is 0 Å². The maximum atomic E-state index is 11.8. The summed E-state index contributed by atoms with van der Waals surface area (Å²) in [6.07, 6.45) is 3.42. The molecule has 27 heavy (non-hydrogen) atoms. The largest absolute Gasteiger partial charge is 0.496 e. The summed E-state index contributed by atoms with van der Waals surface area (Å²) in [5.41, 5.74) is 4.01. The van der Waals surface area contributed by atoms with Crippen molar-refractivity contribution in [2.24, 2.45) is 0 Å². The highest BCUT2D eigenvalue weighted by Crippen LogP contribution is 2.30. The summed E-state index contributed by atoms with van der Waals surface area (Å²) in [4.78, 5) is 25.9. The number of rotatable bonds is 4. The predicted octanol–water partition coefficient (Wildman–Crippen LogP) is 2.97. The summed E-state index contributed by atoms with van der Waals surface area (Å²) in [6.45, 7) is 3.68. The topological polar surface area (TPSA) is 71.1 Å². The lowest BCUT2D eigenvalue weighted by Crippen LogP contribution is -2.31. The van der Waals surface area contributed by atoms with Crippen molar-refractivity contribution in [3.05, 3.63) is 69.8 Å². The van der Waals surface area contributed by atoms with Crippen LogP contribution in [0.3, 0.4) is 0 Å². The molecule has 0 radical (unpaired) electrons. The first kappa shape index (κ1) is 17.3. The summed E-state index contributed by atoms with van der Waals surface area (Å²) < 4.78 is 5.48. The van der Waals surface area contributed by atoms with Crippen LogP contribution in [0.4, 0.5) is 5.82 Å². The highest BCUT2D eigenvalue weighted by atomic mass is 16.5. The zero-order chi connectivity index (χ0) is 18.8. The Bertz CT molecular complexity index is 1010. The Kier molecular flexibility index (Phi) is 4.62. The molecule has 4 rings (SSSR count). The van der Waals surface area contributed by atoms with Crippen LogP contribution in [0.5, 0.6) is 5.75 Å². The fraction of sp³-hybridized carbons (Fsp3) is 0.286. The number of ether oxygens (including phenoxy) is 1. The molecule has 1 aliphatic heterocycles. The first-order valence-electron chi connectivity index (χ1n) is 9.14. The fourth-order valence-corrected chi connectivity index (χ4v) is 3.50. The number of pyridine rings is 1. The van der Waals surface area contributed by atoms with Gasteiger partial charge in [-0.3, -0.25) is 4.79 Å². The monoisotopic (exact) mass is 362 g/mol. The van der Waals surface area contributed by atoms with Crippen molar-refractivity contribution in [3.8, 4) is 17.1 Å². The summed E-state index contributed by atoms with van der Waals surface area (Å²) in [5.74, 6) is 2.44. The van der Waals surface area contributed by atoms with Crippen molar-refractivity contribution >= 4 is 5.82 Å². The number of aryl methyl sites for hydroxylation is 1. The van der Waals surface area contributed by atoms with Gasteiger partial charge in [-0.15, -0.1) is 0 Å². The first-order chi connectivity index (χ1) is 13.2. The van der Waals surface area contributed by atoms with E-state index in [1.165, 1.54) is 17.2 Å². The summed E-state index contributed by atoms with van der Waals surface area (Å²) in [7, 11) is 1.72. The predicted molar refractivity (Wildman–Crippen MR) is 105 cm³/mol. The maximum Gasteiger partial charge on any atom is 0.251 e. The van der Waals surface area contributed by atoms with Gasteiger partial charge in [-0.25, -0.2) is 9.97 Å². The normalized spacial score (nSPS) is 13.3. The molecule has 0 fully saturated rings. The van der Waals surface area contributed by atoms with E-state index in [2.05, 4.69) is 25.9 Å². The van der Waals surface area contributed by atoms with Gasteiger partial charge in [0.25, 0.3) is 5.56 Å². The van der Waals surface area contributed by atoms with E-state index in [0.29, 0.717) is 5.82 Å². The lowest BCUT2D eigenvalue weighted by atomic mass is 9.98. The van der Waals surface area contributed by atoms with Crippen LogP contribution in [0.2, 0.25) is 0 Å². The number of H-pyrrole nitrogens is 1. The Morgan fingerprint density at radius 2 is 2.15 bits per heavy atom. The van der Waals surface area contributed by atoms with Gasteiger partial charge >= 0.3 is 0 Å². The zero-order valence-corrected chi connectivity index (χ0v) is 15.5. The number of hydrogen-bond donors (Lipinski definition) is 1. The van der Waals surface area contributed by atoms with Gasteiger partial charge in [0.2, 0.25) is 0 Å². The van der Waals surface area contributed by atoms with Gasteiger partial charge in [-0.1, -0.05) is 19.1 Å². The number of benzene rings is 1. The van der Waals surface area contributed by atoms with E-state index in [1.807, 2.05) is 31.2 Å². The van der Waals surface area contributed by atoms with Crippen LogP contribution in [0.1, 0.15) is 23.7 Å². The Morgan fingerprint density at radius 3 is 2.89 bits per heavy atom. The minimum atomic E-state index is -0.137. The van der Waals surface area contributed by atoms with Crippen molar-refractivity contribution in [2.75, 3.05) is 18.6 Å². The van der Waals surface area contributed by atoms with E-state index in [0.717, 1.165) is 48.8 Å². The number of methoxy groups -OCH3 is 1. The molecule has 3 aromatic rings. The van der Waals surface area contributed by atoms with Crippen molar-refractivity contribution in [3.63, 3.8) is 0 Å². The Balaban J connectivity index is 1.58. The minimum absolute atomic E-state index is 0.137. The van der Waals surface area contributed by atoms with Crippen molar-refractivity contribution in [1.29, 1.82) is 0 Å². The molecule has 3 heterocycles. The molecule has 1 N–H and O–H groups in total. The average molecular weight is 362 g/mol. The van der Waals surface area contributed by atoms with E-state index in [-0.39, 0.29) is 5.56 Å². The molecule has 0 saturated heterocycles. The molecule has 138 valence electrons. The lowest BCUT2D eigenvalue weighted by molar-refractivity contribution is 0.407. The molecule has 6 heteroatoms. The third-order valence-electron chi connectivity index (χ3n) is 4.95. The molecule has 0 amide bonds. The molecule has 1 aliphatic rings. The molecule has 0 bridgehead atoms. The van der Waals surface area contributed by atoms with Gasteiger partial charge in [-0.05, 0) is 36.6 Å². The molecule has 0 atom stereocenters. The molecular weight excluding hydrogens is 340 g/mol. The number of fused-ring (bicyclic) bond motifs is 1. The third-order valence-corrected chi connectivity index (χ3v) is 4.95. The number of hydrogen-bond acceptors (Lipinski definition) is 5. The molecule has 0 aliphatic carbocycles. The van der Waals surface area contributed by atoms with Crippen LogP contribution in [-0.4, -0.2) is 28.6 Å². The van der Waals surface area contributed by atoms with Crippen molar-refractivity contribution in [1.82, 2.24) is 15.0 Å². The minimum Gasteiger partial charge on any atom is -0.496 e. The molecule has 0 saturated carbocycles. The van der Waals surface area contributed by atoms with Crippen LogP contribution in [0.15, 0.2) is 47.4 Å². The van der Waals surface area contributed by atoms with Crippen molar-refractivity contribution in [2.45, 2.75) is 26.3 Å². The number of anilines is 1. The first-order valence-corrected chi connectivity index (χ1v) is 9.14. The summed E-state index contributed by atoms with van der Waals surface area (Å²) in [6, 6.07) is 11.7. The smallest absolute Gasteiger partial charge is 0.251 e. The standard InChI is InChI=1S/C21H22N4O2/c1-3-16-11-20(26)24-21(23-16)14-7-8-19(22-12-14)25-10-9-17-15(13-25)5-4-6-18(17)27-2/h4-8,11-12H,3,9-10,13H2,1-2H3,(H,23,24,26). The Hall–Kier alpha value is -3.15. The fourth-order valence-electron chi connectivity index (χ4n) is 3.50. The molecule has 6 nitrogen and oxygen atoms in total. The lowest BCUT2D eigenvalue weighted by Gasteiger charge is -2.30. The van der Waals surface area contributed by atoms with E-state index >= 15 is 0 Å². The number of nitrogens with zero attached hydrogens (tertiary/aromatic N) is 3. The highest BCUT2D eigenvalue weighted by Gasteiger charge is 2.20. The molecule has 1 aromatic carbocycles. The maximum absolute atomic E-state index is 11.8. The molecular formula is C21H22N4O2. The van der Waals surface area contributed by atoms with Gasteiger partial charge in [0.05, 0.1) is 7.11 Å². The van der Waals surface area contributed by atoms with E-state index in [1.54, 1.807) is 13.3 Å². The second-order valence-corrected chi connectivity index (χ2v) is 6.61. The van der Waals surface area contributed by atoms with E-state index in [9.17, 15) is 4.79 Å².